The molecule has 0 aliphatic carbocycles. The minimum Gasteiger partial charge on any atom is -0.312 e. The van der Waals surface area contributed by atoms with Crippen molar-refractivity contribution in [2.24, 2.45) is 17.7 Å². The average molecular weight is 232 g/mol. The van der Waals surface area contributed by atoms with Crippen molar-refractivity contribution < 1.29 is 0 Å². The van der Waals surface area contributed by atoms with Crippen molar-refractivity contribution in [1.29, 1.82) is 5.41 Å². The Morgan fingerprint density at radius 3 is 2.76 bits per heavy atom. The average Bonchev–Trinajstić information content (AvgIpc) is 2.70. The highest BCUT2D eigenvalue weighted by molar-refractivity contribution is 5.81. The first-order chi connectivity index (χ1) is 8.20. The summed E-state index contributed by atoms with van der Waals surface area (Å²) < 4.78 is 0. The van der Waals surface area contributed by atoms with Crippen molar-refractivity contribution in [3.8, 4) is 0 Å². The first kappa shape index (κ1) is 12.1. The standard InChI is InChI=1S/C13H20N4/c1-10-7-17(9-12(10)13(14)16-15)8-11-5-3-2-4-6-11/h2-6,10,12H,7-9,15H2,1H3,(H2,14,16). The molecule has 1 aromatic carbocycles. The Balaban J connectivity index is 1.95. The third-order valence-electron chi connectivity index (χ3n) is 3.46. The molecular weight excluding hydrogens is 212 g/mol. The fourth-order valence-corrected chi connectivity index (χ4v) is 2.52. The van der Waals surface area contributed by atoms with Gasteiger partial charge in [-0.3, -0.25) is 10.3 Å². The molecule has 0 radical (unpaired) electrons. The molecule has 2 atom stereocenters. The molecule has 0 saturated carbocycles. The lowest BCUT2D eigenvalue weighted by molar-refractivity contribution is 0.318. The van der Waals surface area contributed by atoms with Crippen molar-refractivity contribution in [2.75, 3.05) is 13.1 Å². The second-order valence-electron chi connectivity index (χ2n) is 4.82. The third-order valence-corrected chi connectivity index (χ3v) is 3.46. The Kier molecular flexibility index (Phi) is 3.76. The maximum atomic E-state index is 7.77. The van der Waals surface area contributed by atoms with Gasteiger partial charge in [0.2, 0.25) is 0 Å². The summed E-state index contributed by atoms with van der Waals surface area (Å²) in [5.41, 5.74) is 3.80. The molecular formula is C13H20N4. The minimum atomic E-state index is 0.240. The van der Waals surface area contributed by atoms with E-state index in [0.29, 0.717) is 11.8 Å². The summed E-state index contributed by atoms with van der Waals surface area (Å²) >= 11 is 0. The van der Waals surface area contributed by atoms with E-state index in [0.717, 1.165) is 19.6 Å². The van der Waals surface area contributed by atoms with Crippen LogP contribution in [0.1, 0.15) is 12.5 Å². The molecule has 1 aromatic rings. The molecule has 17 heavy (non-hydrogen) atoms. The quantitative estimate of drug-likeness (QED) is 0.317. The maximum absolute atomic E-state index is 7.77. The van der Waals surface area contributed by atoms with Gasteiger partial charge in [0.05, 0.1) is 0 Å². The van der Waals surface area contributed by atoms with Crippen molar-refractivity contribution in [3.05, 3.63) is 35.9 Å². The van der Waals surface area contributed by atoms with Gasteiger partial charge in [0.15, 0.2) is 0 Å². The summed E-state index contributed by atoms with van der Waals surface area (Å²) in [6.45, 7) is 5.09. The molecule has 1 saturated heterocycles. The normalized spacial score (nSPS) is 24.8. The van der Waals surface area contributed by atoms with Crippen LogP contribution in [0.25, 0.3) is 0 Å². The largest absolute Gasteiger partial charge is 0.312 e. The number of likely N-dealkylation sites (tertiary alicyclic amines) is 1. The van der Waals surface area contributed by atoms with Gasteiger partial charge in [0.1, 0.15) is 5.84 Å². The Labute approximate surface area is 102 Å². The number of rotatable bonds is 3. The van der Waals surface area contributed by atoms with E-state index in [1.54, 1.807) is 0 Å². The lowest BCUT2D eigenvalue weighted by Gasteiger charge is -2.16. The summed E-state index contributed by atoms with van der Waals surface area (Å²) in [5, 5.41) is 7.77. The Bertz CT molecular complexity index is 376. The van der Waals surface area contributed by atoms with E-state index in [-0.39, 0.29) is 5.92 Å². The Morgan fingerprint density at radius 2 is 2.12 bits per heavy atom. The van der Waals surface area contributed by atoms with Crippen LogP contribution in [-0.2, 0) is 6.54 Å². The van der Waals surface area contributed by atoms with E-state index >= 15 is 0 Å². The molecule has 1 fully saturated rings. The van der Waals surface area contributed by atoms with Crippen molar-refractivity contribution in [3.63, 3.8) is 0 Å². The Hall–Kier alpha value is -1.39. The molecule has 0 bridgehead atoms. The number of hydrogen-bond donors (Lipinski definition) is 3. The van der Waals surface area contributed by atoms with Crippen LogP contribution >= 0.6 is 0 Å². The van der Waals surface area contributed by atoms with Gasteiger partial charge in [-0.15, -0.1) is 0 Å². The number of nitrogens with zero attached hydrogens (tertiary/aromatic N) is 1. The molecule has 92 valence electrons. The van der Waals surface area contributed by atoms with Gasteiger partial charge in [0, 0.05) is 25.6 Å². The van der Waals surface area contributed by atoms with Crippen LogP contribution in [-0.4, -0.2) is 23.8 Å². The molecule has 1 aliphatic heterocycles. The molecule has 2 unspecified atom stereocenters. The topological polar surface area (TPSA) is 65.1 Å². The molecule has 4 nitrogen and oxygen atoms in total. The molecule has 0 spiro atoms. The van der Waals surface area contributed by atoms with Crippen LogP contribution in [0.5, 0.6) is 0 Å². The van der Waals surface area contributed by atoms with E-state index in [1.165, 1.54) is 5.56 Å². The van der Waals surface area contributed by atoms with E-state index in [2.05, 4.69) is 41.5 Å². The summed E-state index contributed by atoms with van der Waals surface area (Å²) in [6.07, 6.45) is 0. The van der Waals surface area contributed by atoms with Gasteiger partial charge in [-0.1, -0.05) is 37.3 Å². The van der Waals surface area contributed by atoms with Crippen molar-refractivity contribution >= 4 is 5.84 Å². The number of benzene rings is 1. The summed E-state index contributed by atoms with van der Waals surface area (Å²) in [4.78, 5) is 2.39. The highest BCUT2D eigenvalue weighted by Gasteiger charge is 2.32. The van der Waals surface area contributed by atoms with Gasteiger partial charge in [-0.25, -0.2) is 5.84 Å². The molecule has 0 aromatic heterocycles. The molecule has 0 amide bonds. The highest BCUT2D eigenvalue weighted by Crippen LogP contribution is 2.24. The summed E-state index contributed by atoms with van der Waals surface area (Å²) in [6, 6.07) is 10.5. The van der Waals surface area contributed by atoms with E-state index < -0.39 is 0 Å². The van der Waals surface area contributed by atoms with Gasteiger partial charge in [0.25, 0.3) is 0 Å². The molecule has 1 aliphatic rings. The lowest BCUT2D eigenvalue weighted by atomic mass is 9.97. The van der Waals surface area contributed by atoms with Crippen LogP contribution in [0.3, 0.4) is 0 Å². The summed E-state index contributed by atoms with van der Waals surface area (Å²) in [7, 11) is 0. The van der Waals surface area contributed by atoms with Gasteiger partial charge in [-0.05, 0) is 11.5 Å². The first-order valence-electron chi connectivity index (χ1n) is 6.02. The van der Waals surface area contributed by atoms with Crippen LogP contribution < -0.4 is 11.3 Å². The van der Waals surface area contributed by atoms with Crippen LogP contribution in [0, 0.1) is 17.2 Å². The number of nitrogens with one attached hydrogen (secondary N) is 2. The van der Waals surface area contributed by atoms with E-state index in [4.69, 9.17) is 11.3 Å². The smallest absolute Gasteiger partial charge is 0.112 e. The van der Waals surface area contributed by atoms with Crippen LogP contribution in [0.15, 0.2) is 30.3 Å². The Morgan fingerprint density at radius 1 is 1.41 bits per heavy atom. The third kappa shape index (κ3) is 2.84. The SMILES string of the molecule is CC1CN(Cc2ccccc2)CC1C(=N)NN. The fourth-order valence-electron chi connectivity index (χ4n) is 2.52. The zero-order valence-electron chi connectivity index (χ0n) is 10.2. The second kappa shape index (κ2) is 5.29. The molecule has 4 N–H and O–H groups in total. The second-order valence-corrected chi connectivity index (χ2v) is 4.82. The van der Waals surface area contributed by atoms with Gasteiger partial charge >= 0.3 is 0 Å². The first-order valence-corrected chi connectivity index (χ1v) is 6.02. The van der Waals surface area contributed by atoms with Gasteiger partial charge < -0.3 is 5.43 Å². The van der Waals surface area contributed by atoms with Crippen molar-refractivity contribution in [1.82, 2.24) is 10.3 Å². The zero-order chi connectivity index (χ0) is 12.3. The predicted octanol–water partition coefficient (Wildman–Crippen LogP) is 1.20. The number of hydrazine groups is 1. The summed E-state index contributed by atoms with van der Waals surface area (Å²) in [5.74, 6) is 6.50. The number of nitrogens with two attached hydrogens (primary N) is 1. The zero-order valence-corrected chi connectivity index (χ0v) is 10.2. The number of amidine groups is 1. The van der Waals surface area contributed by atoms with Crippen molar-refractivity contribution in [2.45, 2.75) is 13.5 Å². The monoisotopic (exact) mass is 232 g/mol. The lowest BCUT2D eigenvalue weighted by Crippen LogP contribution is -2.38. The fraction of sp³-hybridized carbons (Fsp3) is 0.462. The number of hydrogen-bond acceptors (Lipinski definition) is 3. The predicted molar refractivity (Wildman–Crippen MR) is 69.4 cm³/mol. The van der Waals surface area contributed by atoms with Crippen LogP contribution in [0.2, 0.25) is 0 Å². The molecule has 4 heteroatoms. The van der Waals surface area contributed by atoms with E-state index in [1.807, 2.05) is 6.07 Å². The highest BCUT2D eigenvalue weighted by atomic mass is 15.3. The van der Waals surface area contributed by atoms with Crippen LogP contribution in [0.4, 0.5) is 0 Å². The molecule has 2 rings (SSSR count). The molecule has 1 heterocycles. The van der Waals surface area contributed by atoms with E-state index in [9.17, 15) is 0 Å². The minimum absolute atomic E-state index is 0.240. The maximum Gasteiger partial charge on any atom is 0.112 e. The van der Waals surface area contributed by atoms with Gasteiger partial charge in [-0.2, -0.15) is 0 Å².